The van der Waals surface area contributed by atoms with Crippen LogP contribution in [0.25, 0.3) is 0 Å². The van der Waals surface area contributed by atoms with Gasteiger partial charge in [0.25, 0.3) is 0 Å². The monoisotopic (exact) mass is 220 g/mol. The smallest absolute Gasteiger partial charge is 0.166 e. The number of thiocarbonyl (C=S) groups is 1. The number of rotatable bonds is 5. The highest BCUT2D eigenvalue weighted by molar-refractivity contribution is 7.99. The molecule has 0 heterocycles. The van der Waals surface area contributed by atoms with Crippen LogP contribution in [-0.4, -0.2) is 29.7 Å². The summed E-state index contributed by atoms with van der Waals surface area (Å²) in [6, 6.07) is 0. The van der Waals surface area contributed by atoms with Crippen LogP contribution >= 0.6 is 24.0 Å². The predicted octanol–water partition coefficient (Wildman–Crippen LogP) is 1.86. The number of thioether (sulfide) groups is 1. The maximum absolute atomic E-state index is 5.11. The van der Waals surface area contributed by atoms with Crippen LogP contribution in [0.5, 0.6) is 0 Å². The van der Waals surface area contributed by atoms with Gasteiger partial charge < -0.3 is 10.6 Å². The Morgan fingerprint density at radius 3 is 2.23 bits per heavy atom. The molecule has 0 fully saturated rings. The van der Waals surface area contributed by atoms with Gasteiger partial charge in [-0.1, -0.05) is 20.8 Å². The highest BCUT2D eigenvalue weighted by Gasteiger charge is 2.00. The topological polar surface area (TPSA) is 24.1 Å². The van der Waals surface area contributed by atoms with Gasteiger partial charge in [-0.25, -0.2) is 0 Å². The summed E-state index contributed by atoms with van der Waals surface area (Å²) in [4.78, 5) is 0. The second-order valence-corrected chi connectivity index (χ2v) is 5.22. The van der Waals surface area contributed by atoms with Crippen LogP contribution in [0.4, 0.5) is 0 Å². The standard InChI is InChI=1S/C9H20N2S2/c1-7(2)5-10-9(12)11-6-8(3)13-4/h7-8H,5-6H2,1-4H3,(H2,10,11,12). The summed E-state index contributed by atoms with van der Waals surface area (Å²) in [5.41, 5.74) is 0. The molecule has 2 nitrogen and oxygen atoms in total. The van der Waals surface area contributed by atoms with Gasteiger partial charge in [-0.15, -0.1) is 0 Å². The van der Waals surface area contributed by atoms with Crippen LogP contribution in [0.15, 0.2) is 0 Å². The summed E-state index contributed by atoms with van der Waals surface area (Å²) >= 11 is 6.95. The van der Waals surface area contributed by atoms with E-state index in [1.54, 1.807) is 0 Å². The second-order valence-electron chi connectivity index (χ2n) is 3.53. The van der Waals surface area contributed by atoms with Gasteiger partial charge in [-0.2, -0.15) is 11.8 Å². The van der Waals surface area contributed by atoms with Gasteiger partial charge in [0.15, 0.2) is 5.11 Å². The van der Waals surface area contributed by atoms with E-state index in [1.807, 2.05) is 11.8 Å². The molecule has 4 heteroatoms. The van der Waals surface area contributed by atoms with E-state index in [9.17, 15) is 0 Å². The summed E-state index contributed by atoms with van der Waals surface area (Å²) in [7, 11) is 0. The first-order valence-corrected chi connectivity index (χ1v) is 6.30. The van der Waals surface area contributed by atoms with E-state index < -0.39 is 0 Å². The third-order valence-electron chi connectivity index (χ3n) is 1.62. The zero-order valence-electron chi connectivity index (χ0n) is 8.89. The fourth-order valence-corrected chi connectivity index (χ4v) is 1.10. The Balaban J connectivity index is 3.40. The maximum atomic E-state index is 5.11. The molecule has 78 valence electrons. The Kier molecular flexibility index (Phi) is 7.47. The first kappa shape index (κ1) is 13.0. The first-order valence-electron chi connectivity index (χ1n) is 4.60. The van der Waals surface area contributed by atoms with Crippen molar-refractivity contribution in [3.8, 4) is 0 Å². The summed E-state index contributed by atoms with van der Waals surface area (Å²) in [5.74, 6) is 0.637. The molecule has 0 aromatic carbocycles. The molecule has 0 bridgehead atoms. The van der Waals surface area contributed by atoms with E-state index in [2.05, 4.69) is 37.7 Å². The third-order valence-corrected chi connectivity index (χ3v) is 2.88. The van der Waals surface area contributed by atoms with Crippen molar-refractivity contribution in [2.75, 3.05) is 19.3 Å². The molecule has 1 unspecified atom stereocenters. The molecule has 0 saturated heterocycles. The molecule has 0 amide bonds. The zero-order chi connectivity index (χ0) is 10.3. The van der Waals surface area contributed by atoms with Gasteiger partial charge >= 0.3 is 0 Å². The summed E-state index contributed by atoms with van der Waals surface area (Å²) < 4.78 is 0. The number of nitrogens with one attached hydrogen (secondary N) is 2. The van der Waals surface area contributed by atoms with Gasteiger partial charge in [-0.05, 0) is 24.4 Å². The first-order chi connectivity index (χ1) is 6.06. The van der Waals surface area contributed by atoms with Gasteiger partial charge in [0.1, 0.15) is 0 Å². The Morgan fingerprint density at radius 2 is 1.77 bits per heavy atom. The van der Waals surface area contributed by atoms with Crippen molar-refractivity contribution in [3.63, 3.8) is 0 Å². The fourth-order valence-electron chi connectivity index (χ4n) is 0.679. The average Bonchev–Trinajstić information content (AvgIpc) is 2.10. The Hall–Kier alpha value is 0.0400. The minimum Gasteiger partial charge on any atom is -0.362 e. The molecule has 0 aliphatic rings. The summed E-state index contributed by atoms with van der Waals surface area (Å²) in [6.45, 7) is 8.40. The zero-order valence-corrected chi connectivity index (χ0v) is 10.5. The number of hydrogen-bond donors (Lipinski definition) is 2. The lowest BCUT2D eigenvalue weighted by Crippen LogP contribution is -2.39. The van der Waals surface area contributed by atoms with Crippen molar-refractivity contribution in [2.24, 2.45) is 5.92 Å². The molecule has 0 spiro atoms. The summed E-state index contributed by atoms with van der Waals surface area (Å²) in [6.07, 6.45) is 2.11. The molecule has 0 aromatic rings. The van der Waals surface area contributed by atoms with E-state index in [0.29, 0.717) is 11.2 Å². The Bertz CT molecular complexity index is 149. The lowest BCUT2D eigenvalue weighted by Gasteiger charge is -2.14. The van der Waals surface area contributed by atoms with E-state index in [1.165, 1.54) is 0 Å². The van der Waals surface area contributed by atoms with Crippen LogP contribution < -0.4 is 10.6 Å². The quantitative estimate of drug-likeness (QED) is 0.691. The van der Waals surface area contributed by atoms with Gasteiger partial charge in [0.2, 0.25) is 0 Å². The van der Waals surface area contributed by atoms with Crippen LogP contribution in [0.1, 0.15) is 20.8 Å². The summed E-state index contributed by atoms with van der Waals surface area (Å²) in [5, 5.41) is 7.74. The minimum absolute atomic E-state index is 0.610. The Morgan fingerprint density at radius 1 is 1.23 bits per heavy atom. The van der Waals surface area contributed by atoms with E-state index in [4.69, 9.17) is 12.2 Å². The van der Waals surface area contributed by atoms with Crippen molar-refractivity contribution >= 4 is 29.1 Å². The molecule has 0 radical (unpaired) electrons. The van der Waals surface area contributed by atoms with E-state index >= 15 is 0 Å². The Labute approximate surface area is 91.2 Å². The minimum atomic E-state index is 0.610. The molecule has 0 saturated carbocycles. The van der Waals surface area contributed by atoms with Crippen LogP contribution in [-0.2, 0) is 0 Å². The van der Waals surface area contributed by atoms with Gasteiger partial charge in [0.05, 0.1) is 0 Å². The van der Waals surface area contributed by atoms with Crippen molar-refractivity contribution in [3.05, 3.63) is 0 Å². The molecule has 0 aliphatic heterocycles. The van der Waals surface area contributed by atoms with E-state index in [0.717, 1.165) is 18.2 Å². The lowest BCUT2D eigenvalue weighted by atomic mass is 10.2. The molecule has 0 aromatic heterocycles. The van der Waals surface area contributed by atoms with Gasteiger partial charge in [0, 0.05) is 18.3 Å². The van der Waals surface area contributed by atoms with Gasteiger partial charge in [-0.3, -0.25) is 0 Å². The van der Waals surface area contributed by atoms with Crippen molar-refractivity contribution in [1.82, 2.24) is 10.6 Å². The number of hydrogen-bond acceptors (Lipinski definition) is 2. The van der Waals surface area contributed by atoms with Crippen molar-refractivity contribution in [1.29, 1.82) is 0 Å². The molecule has 0 rings (SSSR count). The van der Waals surface area contributed by atoms with Crippen LogP contribution in [0.3, 0.4) is 0 Å². The molecular weight excluding hydrogens is 200 g/mol. The molecule has 13 heavy (non-hydrogen) atoms. The van der Waals surface area contributed by atoms with Crippen molar-refractivity contribution < 1.29 is 0 Å². The van der Waals surface area contributed by atoms with E-state index in [-0.39, 0.29) is 0 Å². The maximum Gasteiger partial charge on any atom is 0.166 e. The SMILES string of the molecule is CSC(C)CNC(=S)NCC(C)C. The molecule has 2 N–H and O–H groups in total. The highest BCUT2D eigenvalue weighted by Crippen LogP contribution is 2.02. The average molecular weight is 220 g/mol. The lowest BCUT2D eigenvalue weighted by molar-refractivity contribution is 0.619. The normalized spacial score (nSPS) is 12.7. The van der Waals surface area contributed by atoms with Crippen LogP contribution in [0, 0.1) is 5.92 Å². The third kappa shape index (κ3) is 8.37. The fraction of sp³-hybridized carbons (Fsp3) is 0.889. The molecule has 1 atom stereocenters. The van der Waals surface area contributed by atoms with Crippen LogP contribution in [0.2, 0.25) is 0 Å². The molecular formula is C9H20N2S2. The predicted molar refractivity (Wildman–Crippen MR) is 66.4 cm³/mol. The highest BCUT2D eigenvalue weighted by atomic mass is 32.2. The largest absolute Gasteiger partial charge is 0.362 e. The second kappa shape index (κ2) is 7.44. The molecule has 0 aliphatic carbocycles. The van der Waals surface area contributed by atoms with Crippen molar-refractivity contribution in [2.45, 2.75) is 26.0 Å².